The van der Waals surface area contributed by atoms with Crippen molar-refractivity contribution in [2.75, 3.05) is 0 Å². The summed E-state index contributed by atoms with van der Waals surface area (Å²) in [7, 11) is 0. The third-order valence-electron chi connectivity index (χ3n) is 1.95. The van der Waals surface area contributed by atoms with E-state index in [-0.39, 0.29) is 12.5 Å². The monoisotopic (exact) mass is 149 g/mol. The standard InChI is InChI=1S/C7H13F2N/c8-7(9)4-3-6(10)5-1-2-5/h5-7H,1-4,10H2/t6-/m0/s1. The van der Waals surface area contributed by atoms with Gasteiger partial charge in [-0.3, -0.25) is 0 Å². The van der Waals surface area contributed by atoms with E-state index in [4.69, 9.17) is 5.73 Å². The van der Waals surface area contributed by atoms with Gasteiger partial charge < -0.3 is 5.73 Å². The van der Waals surface area contributed by atoms with Crippen LogP contribution in [0.15, 0.2) is 0 Å². The molecule has 1 saturated carbocycles. The van der Waals surface area contributed by atoms with Gasteiger partial charge in [-0.25, -0.2) is 8.78 Å². The molecular formula is C7H13F2N. The minimum Gasteiger partial charge on any atom is -0.327 e. The third kappa shape index (κ3) is 2.60. The molecule has 1 aliphatic rings. The Morgan fingerprint density at radius 1 is 1.30 bits per heavy atom. The highest BCUT2D eigenvalue weighted by Gasteiger charge is 2.28. The van der Waals surface area contributed by atoms with E-state index < -0.39 is 6.43 Å². The lowest BCUT2D eigenvalue weighted by molar-refractivity contribution is 0.131. The average Bonchev–Trinajstić information content (AvgIpc) is 2.63. The number of alkyl halides is 2. The SMILES string of the molecule is N[C@@H](CCC(F)F)C1CC1. The van der Waals surface area contributed by atoms with Crippen molar-refractivity contribution in [1.29, 1.82) is 0 Å². The lowest BCUT2D eigenvalue weighted by atomic mass is 10.1. The zero-order valence-corrected chi connectivity index (χ0v) is 5.89. The van der Waals surface area contributed by atoms with E-state index in [0.717, 1.165) is 12.8 Å². The summed E-state index contributed by atoms with van der Waals surface area (Å²) in [5.41, 5.74) is 5.59. The molecule has 0 radical (unpaired) electrons. The fraction of sp³-hybridized carbons (Fsp3) is 1.00. The molecule has 0 aromatic rings. The van der Waals surface area contributed by atoms with Gasteiger partial charge in [-0.15, -0.1) is 0 Å². The smallest absolute Gasteiger partial charge is 0.238 e. The lowest BCUT2D eigenvalue weighted by Crippen LogP contribution is -2.22. The molecule has 2 N–H and O–H groups in total. The number of halogens is 2. The zero-order valence-electron chi connectivity index (χ0n) is 5.89. The van der Waals surface area contributed by atoms with E-state index in [1.165, 1.54) is 0 Å². The van der Waals surface area contributed by atoms with Crippen molar-refractivity contribution in [3.8, 4) is 0 Å². The van der Waals surface area contributed by atoms with Gasteiger partial charge in [-0.2, -0.15) is 0 Å². The van der Waals surface area contributed by atoms with Gasteiger partial charge in [0, 0.05) is 12.5 Å². The van der Waals surface area contributed by atoms with E-state index >= 15 is 0 Å². The Morgan fingerprint density at radius 3 is 2.30 bits per heavy atom. The van der Waals surface area contributed by atoms with Crippen LogP contribution in [0.25, 0.3) is 0 Å². The van der Waals surface area contributed by atoms with Crippen LogP contribution in [0.5, 0.6) is 0 Å². The molecule has 1 fully saturated rings. The van der Waals surface area contributed by atoms with Gasteiger partial charge in [0.1, 0.15) is 0 Å². The molecule has 0 bridgehead atoms. The summed E-state index contributed by atoms with van der Waals surface area (Å²) >= 11 is 0. The fourth-order valence-corrected chi connectivity index (χ4v) is 1.08. The Bertz CT molecular complexity index is 102. The molecular weight excluding hydrogens is 136 g/mol. The maximum Gasteiger partial charge on any atom is 0.238 e. The molecule has 0 spiro atoms. The minimum atomic E-state index is -2.18. The zero-order chi connectivity index (χ0) is 7.56. The number of rotatable bonds is 4. The molecule has 0 heterocycles. The highest BCUT2D eigenvalue weighted by atomic mass is 19.3. The van der Waals surface area contributed by atoms with E-state index in [1.54, 1.807) is 0 Å². The second kappa shape index (κ2) is 3.28. The predicted molar refractivity (Wildman–Crippen MR) is 35.9 cm³/mol. The Kier molecular flexibility index (Phi) is 2.60. The second-order valence-corrected chi connectivity index (χ2v) is 2.97. The summed E-state index contributed by atoms with van der Waals surface area (Å²) in [6.07, 6.45) is 0.569. The van der Waals surface area contributed by atoms with Gasteiger partial charge in [0.25, 0.3) is 0 Å². The van der Waals surface area contributed by atoms with Crippen LogP contribution in [0.1, 0.15) is 25.7 Å². The normalized spacial score (nSPS) is 21.6. The first-order chi connectivity index (χ1) is 4.70. The Balaban J connectivity index is 2.00. The second-order valence-electron chi connectivity index (χ2n) is 2.97. The molecule has 0 amide bonds. The first-order valence-corrected chi connectivity index (χ1v) is 3.74. The van der Waals surface area contributed by atoms with Gasteiger partial charge in [0.05, 0.1) is 0 Å². The van der Waals surface area contributed by atoms with Crippen molar-refractivity contribution in [3.63, 3.8) is 0 Å². The van der Waals surface area contributed by atoms with E-state index in [1.807, 2.05) is 0 Å². The van der Waals surface area contributed by atoms with Crippen molar-refractivity contribution in [1.82, 2.24) is 0 Å². The molecule has 1 aliphatic carbocycles. The van der Waals surface area contributed by atoms with Crippen molar-refractivity contribution < 1.29 is 8.78 Å². The van der Waals surface area contributed by atoms with Gasteiger partial charge in [0.15, 0.2) is 0 Å². The predicted octanol–water partition coefficient (Wildman–Crippen LogP) is 1.77. The molecule has 0 aromatic carbocycles. The van der Waals surface area contributed by atoms with E-state index in [2.05, 4.69) is 0 Å². The quantitative estimate of drug-likeness (QED) is 0.647. The third-order valence-corrected chi connectivity index (χ3v) is 1.95. The minimum absolute atomic E-state index is 0.0301. The van der Waals surface area contributed by atoms with Crippen molar-refractivity contribution in [2.45, 2.75) is 38.2 Å². The molecule has 0 saturated heterocycles. The first kappa shape index (κ1) is 7.92. The largest absolute Gasteiger partial charge is 0.327 e. The average molecular weight is 149 g/mol. The summed E-state index contributed by atoms with van der Waals surface area (Å²) in [4.78, 5) is 0. The topological polar surface area (TPSA) is 26.0 Å². The maximum absolute atomic E-state index is 11.6. The molecule has 0 unspecified atom stereocenters. The van der Waals surface area contributed by atoms with Crippen LogP contribution in [0, 0.1) is 5.92 Å². The summed E-state index contributed by atoms with van der Waals surface area (Å²) < 4.78 is 23.2. The van der Waals surface area contributed by atoms with E-state index in [0.29, 0.717) is 12.3 Å². The van der Waals surface area contributed by atoms with Crippen molar-refractivity contribution >= 4 is 0 Å². The molecule has 3 heteroatoms. The molecule has 1 nitrogen and oxygen atoms in total. The highest BCUT2D eigenvalue weighted by molar-refractivity contribution is 4.83. The van der Waals surface area contributed by atoms with Gasteiger partial charge >= 0.3 is 0 Å². The van der Waals surface area contributed by atoms with Crippen LogP contribution in [0.2, 0.25) is 0 Å². The van der Waals surface area contributed by atoms with Crippen molar-refractivity contribution in [2.24, 2.45) is 11.7 Å². The van der Waals surface area contributed by atoms with Crippen LogP contribution in [-0.2, 0) is 0 Å². The van der Waals surface area contributed by atoms with Gasteiger partial charge in [-0.1, -0.05) is 0 Å². The first-order valence-electron chi connectivity index (χ1n) is 3.74. The molecule has 60 valence electrons. The van der Waals surface area contributed by atoms with E-state index in [9.17, 15) is 8.78 Å². The van der Waals surface area contributed by atoms with Crippen LogP contribution in [0.4, 0.5) is 8.78 Å². The van der Waals surface area contributed by atoms with Crippen LogP contribution in [0.3, 0.4) is 0 Å². The number of hydrogen-bond acceptors (Lipinski definition) is 1. The molecule has 0 aromatic heterocycles. The number of hydrogen-bond donors (Lipinski definition) is 1. The Hall–Kier alpha value is -0.180. The fourth-order valence-electron chi connectivity index (χ4n) is 1.08. The Labute approximate surface area is 59.6 Å². The lowest BCUT2D eigenvalue weighted by Gasteiger charge is -2.08. The van der Waals surface area contributed by atoms with Crippen molar-refractivity contribution in [3.05, 3.63) is 0 Å². The summed E-state index contributed by atoms with van der Waals surface area (Å²) in [6, 6.07) is 0.0361. The van der Waals surface area contributed by atoms with Crippen LogP contribution in [-0.4, -0.2) is 12.5 Å². The summed E-state index contributed by atoms with van der Waals surface area (Å²) in [6.45, 7) is 0. The summed E-state index contributed by atoms with van der Waals surface area (Å²) in [5, 5.41) is 0. The Morgan fingerprint density at radius 2 is 1.90 bits per heavy atom. The highest BCUT2D eigenvalue weighted by Crippen LogP contribution is 2.33. The van der Waals surface area contributed by atoms with Gasteiger partial charge in [-0.05, 0) is 25.2 Å². The maximum atomic E-state index is 11.6. The molecule has 1 atom stereocenters. The van der Waals surface area contributed by atoms with Gasteiger partial charge in [0.2, 0.25) is 6.43 Å². The molecule has 0 aliphatic heterocycles. The van der Waals surface area contributed by atoms with Crippen LogP contribution < -0.4 is 5.73 Å². The molecule has 10 heavy (non-hydrogen) atoms. The molecule has 1 rings (SSSR count). The number of nitrogens with two attached hydrogens (primary N) is 1. The van der Waals surface area contributed by atoms with Crippen LogP contribution >= 0.6 is 0 Å². The summed E-state index contributed by atoms with van der Waals surface area (Å²) in [5.74, 6) is 0.554.